The molecule has 0 aliphatic heterocycles. The number of sulfonamides is 1. The molecule has 0 aliphatic rings. The highest BCUT2D eigenvalue weighted by molar-refractivity contribution is 7.89. The second-order valence-corrected chi connectivity index (χ2v) is 8.26. The van der Waals surface area contributed by atoms with Crippen molar-refractivity contribution < 1.29 is 21.9 Å². The molecule has 9 heteroatoms. The number of ether oxygens (including phenoxy) is 1. The van der Waals surface area contributed by atoms with Crippen LogP contribution in [0, 0.1) is 18.6 Å². The molecule has 1 aromatic heterocycles. The molecule has 0 radical (unpaired) electrons. The molecule has 0 amide bonds. The fourth-order valence-corrected chi connectivity index (χ4v) is 4.06. The van der Waals surface area contributed by atoms with Crippen molar-refractivity contribution in [2.75, 3.05) is 0 Å². The van der Waals surface area contributed by atoms with Crippen LogP contribution in [0.1, 0.15) is 31.1 Å². The summed E-state index contributed by atoms with van der Waals surface area (Å²) in [6, 6.07) is 9.53. The first-order valence-corrected chi connectivity index (χ1v) is 10.5. The summed E-state index contributed by atoms with van der Waals surface area (Å²) in [4.78, 5) is 3.89. The van der Waals surface area contributed by atoms with Crippen molar-refractivity contribution in [1.82, 2.24) is 14.3 Å². The van der Waals surface area contributed by atoms with E-state index in [1.807, 2.05) is 38.1 Å². The van der Waals surface area contributed by atoms with Crippen molar-refractivity contribution in [3.8, 4) is 11.8 Å². The number of hydrogen-bond donors (Lipinski definition) is 1. The van der Waals surface area contributed by atoms with Gasteiger partial charge in [-0.25, -0.2) is 26.9 Å². The van der Waals surface area contributed by atoms with E-state index in [9.17, 15) is 17.2 Å². The minimum atomic E-state index is -4.06. The minimum Gasteiger partial charge on any atom is -0.426 e. The summed E-state index contributed by atoms with van der Waals surface area (Å²) in [6.45, 7) is 5.98. The normalized spacial score (nSPS) is 12.7. The Kier molecular flexibility index (Phi) is 5.99. The van der Waals surface area contributed by atoms with Gasteiger partial charge in [0.15, 0.2) is 11.6 Å². The van der Waals surface area contributed by atoms with Gasteiger partial charge in [-0.1, -0.05) is 17.7 Å². The molecular formula is C20H21F2N3O3S. The number of benzene rings is 2. The van der Waals surface area contributed by atoms with Crippen molar-refractivity contribution in [1.29, 1.82) is 0 Å². The molecule has 2 aromatic carbocycles. The number of hydrogen-bond acceptors (Lipinski definition) is 4. The number of nitrogens with one attached hydrogen (secondary N) is 1. The van der Waals surface area contributed by atoms with Gasteiger partial charge in [-0.05, 0) is 51.1 Å². The third kappa shape index (κ3) is 4.63. The SMILES string of the molecule is CCn1c(C(C)NS(=O)(=O)c2ccc(F)c(F)c2)cnc1Oc1ccc(C)cc1. The quantitative estimate of drug-likeness (QED) is 0.617. The summed E-state index contributed by atoms with van der Waals surface area (Å²) in [5.41, 5.74) is 1.66. The van der Waals surface area contributed by atoms with Gasteiger partial charge in [-0.2, -0.15) is 0 Å². The molecule has 0 saturated heterocycles. The molecule has 6 nitrogen and oxygen atoms in total. The smallest absolute Gasteiger partial charge is 0.302 e. The Bertz CT molecular complexity index is 1110. The zero-order valence-corrected chi connectivity index (χ0v) is 17.0. The van der Waals surface area contributed by atoms with Crippen LogP contribution >= 0.6 is 0 Å². The summed E-state index contributed by atoms with van der Waals surface area (Å²) in [7, 11) is -4.06. The van der Waals surface area contributed by atoms with Gasteiger partial charge in [0.1, 0.15) is 5.75 Å². The van der Waals surface area contributed by atoms with Crippen LogP contribution in [0.5, 0.6) is 11.8 Å². The second kappa shape index (κ2) is 8.30. The topological polar surface area (TPSA) is 73.2 Å². The van der Waals surface area contributed by atoms with Gasteiger partial charge in [0, 0.05) is 6.54 Å². The Morgan fingerprint density at radius 2 is 1.83 bits per heavy atom. The molecular weight excluding hydrogens is 400 g/mol. The first-order chi connectivity index (χ1) is 13.7. The van der Waals surface area contributed by atoms with Crippen LogP contribution in [-0.4, -0.2) is 18.0 Å². The van der Waals surface area contributed by atoms with Crippen molar-refractivity contribution in [3.05, 3.63) is 71.6 Å². The van der Waals surface area contributed by atoms with E-state index in [2.05, 4.69) is 9.71 Å². The van der Waals surface area contributed by atoms with Crippen molar-refractivity contribution in [2.24, 2.45) is 0 Å². The van der Waals surface area contributed by atoms with Crippen LogP contribution in [0.2, 0.25) is 0 Å². The van der Waals surface area contributed by atoms with E-state index in [4.69, 9.17) is 4.74 Å². The zero-order valence-electron chi connectivity index (χ0n) is 16.2. The fraction of sp³-hybridized carbons (Fsp3) is 0.250. The van der Waals surface area contributed by atoms with E-state index >= 15 is 0 Å². The molecule has 0 spiro atoms. The molecule has 1 N–H and O–H groups in total. The van der Waals surface area contributed by atoms with Crippen LogP contribution in [0.25, 0.3) is 0 Å². The predicted octanol–water partition coefficient (Wildman–Crippen LogP) is 4.32. The number of aryl methyl sites for hydroxylation is 1. The fourth-order valence-electron chi connectivity index (χ4n) is 2.83. The Labute approximate surface area is 168 Å². The summed E-state index contributed by atoms with van der Waals surface area (Å²) >= 11 is 0. The molecule has 0 fully saturated rings. The van der Waals surface area contributed by atoms with E-state index in [1.165, 1.54) is 6.20 Å². The van der Waals surface area contributed by atoms with Gasteiger partial charge < -0.3 is 4.74 Å². The lowest BCUT2D eigenvalue weighted by Gasteiger charge is -2.17. The number of halogens is 2. The average Bonchev–Trinajstić information content (AvgIpc) is 3.08. The highest BCUT2D eigenvalue weighted by Gasteiger charge is 2.23. The first-order valence-electron chi connectivity index (χ1n) is 8.98. The molecule has 3 aromatic rings. The third-order valence-corrected chi connectivity index (χ3v) is 5.91. The van der Waals surface area contributed by atoms with E-state index in [1.54, 1.807) is 11.5 Å². The summed E-state index contributed by atoms with van der Waals surface area (Å²) in [5.74, 6) is -1.73. The van der Waals surface area contributed by atoms with Gasteiger partial charge in [0.05, 0.1) is 22.8 Å². The molecule has 1 atom stereocenters. The van der Waals surface area contributed by atoms with Crippen LogP contribution in [0.4, 0.5) is 8.78 Å². The second-order valence-electron chi connectivity index (χ2n) is 6.54. The highest BCUT2D eigenvalue weighted by Crippen LogP contribution is 2.26. The van der Waals surface area contributed by atoms with Gasteiger partial charge in [0.2, 0.25) is 10.0 Å². The maximum Gasteiger partial charge on any atom is 0.302 e. The maximum absolute atomic E-state index is 13.4. The molecule has 29 heavy (non-hydrogen) atoms. The van der Waals surface area contributed by atoms with E-state index < -0.39 is 27.7 Å². The van der Waals surface area contributed by atoms with Crippen molar-refractivity contribution in [3.63, 3.8) is 0 Å². The van der Waals surface area contributed by atoms with E-state index in [0.717, 1.165) is 17.7 Å². The number of nitrogens with zero attached hydrogens (tertiary/aromatic N) is 2. The molecule has 0 aliphatic carbocycles. The number of aromatic nitrogens is 2. The molecule has 0 saturated carbocycles. The molecule has 3 rings (SSSR count). The first kappa shape index (κ1) is 20.9. The van der Waals surface area contributed by atoms with Crippen LogP contribution in [0.15, 0.2) is 53.6 Å². The monoisotopic (exact) mass is 421 g/mol. The summed E-state index contributed by atoms with van der Waals surface area (Å²) < 4.78 is 61.6. The lowest BCUT2D eigenvalue weighted by atomic mass is 10.2. The highest BCUT2D eigenvalue weighted by atomic mass is 32.2. The summed E-state index contributed by atoms with van der Waals surface area (Å²) in [6.07, 6.45) is 1.52. The Morgan fingerprint density at radius 1 is 1.14 bits per heavy atom. The maximum atomic E-state index is 13.4. The third-order valence-electron chi connectivity index (χ3n) is 4.37. The Balaban J connectivity index is 1.83. The minimum absolute atomic E-state index is 0.324. The molecule has 0 bridgehead atoms. The predicted molar refractivity (Wildman–Crippen MR) is 104 cm³/mol. The average molecular weight is 421 g/mol. The largest absolute Gasteiger partial charge is 0.426 e. The lowest BCUT2D eigenvalue weighted by molar-refractivity contribution is 0.408. The molecule has 1 unspecified atom stereocenters. The van der Waals surface area contributed by atoms with Gasteiger partial charge in [-0.15, -0.1) is 0 Å². The standard InChI is InChI=1S/C20H21F2N3O3S/c1-4-25-19(12-23-20(25)28-15-7-5-13(2)6-8-15)14(3)24-29(26,27)16-9-10-17(21)18(22)11-16/h5-12,14,24H,4H2,1-3H3. The molecule has 1 heterocycles. The van der Waals surface area contributed by atoms with Gasteiger partial charge in [0.25, 0.3) is 0 Å². The van der Waals surface area contributed by atoms with Crippen LogP contribution in [-0.2, 0) is 16.6 Å². The lowest BCUT2D eigenvalue weighted by Crippen LogP contribution is -2.28. The van der Waals surface area contributed by atoms with Crippen molar-refractivity contribution >= 4 is 10.0 Å². The number of imidazole rings is 1. The van der Waals surface area contributed by atoms with E-state index in [0.29, 0.717) is 30.1 Å². The number of rotatable bonds is 7. The zero-order chi connectivity index (χ0) is 21.2. The van der Waals surface area contributed by atoms with Gasteiger partial charge in [-0.3, -0.25) is 4.57 Å². The molecule has 154 valence electrons. The summed E-state index contributed by atoms with van der Waals surface area (Å²) in [5, 5.41) is 0. The Morgan fingerprint density at radius 3 is 2.45 bits per heavy atom. The van der Waals surface area contributed by atoms with Crippen LogP contribution in [0.3, 0.4) is 0 Å². The van der Waals surface area contributed by atoms with Crippen molar-refractivity contribution in [2.45, 2.75) is 38.3 Å². The van der Waals surface area contributed by atoms with E-state index in [-0.39, 0.29) is 4.90 Å². The van der Waals surface area contributed by atoms with Gasteiger partial charge >= 0.3 is 6.01 Å². The van der Waals surface area contributed by atoms with Crippen LogP contribution < -0.4 is 9.46 Å². The Hall–Kier alpha value is -2.78.